The number of carbonyl (C=O) groups is 1. The Balaban J connectivity index is 1.99. The molecule has 0 saturated heterocycles. The van der Waals surface area contributed by atoms with Gasteiger partial charge in [0.05, 0.1) is 11.3 Å². The van der Waals surface area contributed by atoms with Gasteiger partial charge in [-0.15, -0.1) is 0 Å². The lowest BCUT2D eigenvalue weighted by Crippen LogP contribution is -2.44. The summed E-state index contributed by atoms with van der Waals surface area (Å²) in [7, 11) is 5.95. The van der Waals surface area contributed by atoms with Crippen molar-refractivity contribution in [3.8, 4) is 0 Å². The minimum atomic E-state index is -1.87. The van der Waals surface area contributed by atoms with Gasteiger partial charge in [0.2, 0.25) is 0 Å². The number of pyridine rings is 1. The molecule has 1 aromatic heterocycles. The second-order valence-electron chi connectivity index (χ2n) is 5.45. The zero-order valence-electron chi connectivity index (χ0n) is 12.0. The molecular weight excluding hydrogens is 263 g/mol. The number of aliphatic hydroxyl groups is 1. The van der Waals surface area contributed by atoms with Crippen LogP contribution in [0.15, 0.2) is 36.5 Å². The Morgan fingerprint density at radius 2 is 2.10 bits per heavy atom. The fourth-order valence-corrected chi connectivity index (χ4v) is 2.69. The topological polar surface area (TPSA) is 53.4 Å². The Morgan fingerprint density at radius 1 is 1.33 bits per heavy atom. The number of aromatic nitrogens is 1. The first-order valence-electron chi connectivity index (χ1n) is 6.76. The maximum Gasteiger partial charge on any atom is 0.258 e. The van der Waals surface area contributed by atoms with E-state index in [4.69, 9.17) is 7.85 Å². The Bertz CT molecular complexity index is 728. The molecule has 2 radical (unpaired) electrons. The Kier molecular flexibility index (Phi) is 3.10. The van der Waals surface area contributed by atoms with Gasteiger partial charge in [-0.05, 0) is 37.1 Å². The van der Waals surface area contributed by atoms with Crippen molar-refractivity contribution in [2.75, 3.05) is 0 Å². The molecule has 0 aliphatic carbocycles. The van der Waals surface area contributed by atoms with E-state index in [1.54, 1.807) is 12.1 Å². The summed E-state index contributed by atoms with van der Waals surface area (Å²) in [5, 5.41) is 10.5. The highest BCUT2D eigenvalue weighted by atomic mass is 16.3. The van der Waals surface area contributed by atoms with Crippen molar-refractivity contribution in [2.24, 2.45) is 0 Å². The number of carbonyl (C=O) groups excluding carboxylic acids is 1. The Morgan fingerprint density at radius 3 is 2.76 bits per heavy atom. The molecule has 1 amide bonds. The maximum absolute atomic E-state index is 12.4. The molecule has 5 heteroatoms. The van der Waals surface area contributed by atoms with E-state index >= 15 is 0 Å². The van der Waals surface area contributed by atoms with Gasteiger partial charge in [-0.2, -0.15) is 0 Å². The van der Waals surface area contributed by atoms with Crippen LogP contribution in [0, 0.1) is 13.8 Å². The molecule has 2 aromatic rings. The number of benzene rings is 1. The molecule has 104 valence electrons. The number of aryl methyl sites for hydroxylation is 2. The standard InChI is InChI=1S/C16H15BN2O2/c1-10-5-6-12(11(2)8-10)9-19-15(20)13-4-3-7-18-14(13)16(19,17)21/h3-8,21H,9H2,1-2H3. The van der Waals surface area contributed by atoms with Crippen LogP contribution >= 0.6 is 0 Å². The molecule has 1 unspecified atom stereocenters. The summed E-state index contributed by atoms with van der Waals surface area (Å²) in [5.41, 5.74) is 1.85. The first-order valence-corrected chi connectivity index (χ1v) is 6.76. The molecule has 1 atom stereocenters. The third-order valence-corrected chi connectivity index (χ3v) is 3.87. The summed E-state index contributed by atoms with van der Waals surface area (Å²) in [6.45, 7) is 4.23. The van der Waals surface area contributed by atoms with Gasteiger partial charge in [-0.1, -0.05) is 23.8 Å². The molecule has 4 nitrogen and oxygen atoms in total. The van der Waals surface area contributed by atoms with Crippen molar-refractivity contribution >= 4 is 13.8 Å². The third kappa shape index (κ3) is 2.14. The van der Waals surface area contributed by atoms with Gasteiger partial charge >= 0.3 is 0 Å². The molecule has 1 N–H and O–H groups in total. The molecule has 1 aromatic carbocycles. The van der Waals surface area contributed by atoms with Crippen LogP contribution < -0.4 is 0 Å². The van der Waals surface area contributed by atoms with Gasteiger partial charge in [0.1, 0.15) is 5.62 Å². The number of nitrogens with zero attached hydrogens (tertiary/aromatic N) is 2. The van der Waals surface area contributed by atoms with Crippen LogP contribution in [-0.4, -0.2) is 28.7 Å². The van der Waals surface area contributed by atoms with Crippen LogP contribution in [0.5, 0.6) is 0 Å². The molecule has 2 heterocycles. The normalized spacial score (nSPS) is 20.7. The van der Waals surface area contributed by atoms with E-state index in [1.807, 2.05) is 32.0 Å². The first kappa shape index (κ1) is 13.8. The minimum Gasteiger partial charge on any atom is -0.374 e. The highest BCUT2D eigenvalue weighted by Crippen LogP contribution is 2.34. The Hall–Kier alpha value is -2.14. The second kappa shape index (κ2) is 4.70. The van der Waals surface area contributed by atoms with Crippen molar-refractivity contribution in [1.82, 2.24) is 9.88 Å². The Labute approximate surface area is 124 Å². The molecular formula is C16H15BN2O2. The van der Waals surface area contributed by atoms with Gasteiger partial charge in [0.25, 0.3) is 5.91 Å². The number of hydrogen-bond acceptors (Lipinski definition) is 3. The highest BCUT2D eigenvalue weighted by Gasteiger charge is 2.45. The fourth-order valence-electron chi connectivity index (χ4n) is 2.69. The quantitative estimate of drug-likeness (QED) is 0.849. The van der Waals surface area contributed by atoms with E-state index in [1.165, 1.54) is 11.1 Å². The van der Waals surface area contributed by atoms with Crippen LogP contribution in [0.3, 0.4) is 0 Å². The lowest BCUT2D eigenvalue weighted by Gasteiger charge is -2.31. The first-order chi connectivity index (χ1) is 9.91. The molecule has 3 rings (SSSR count). The summed E-state index contributed by atoms with van der Waals surface area (Å²) < 4.78 is 0. The van der Waals surface area contributed by atoms with Gasteiger partial charge in [0, 0.05) is 12.7 Å². The van der Waals surface area contributed by atoms with Crippen molar-refractivity contribution in [1.29, 1.82) is 0 Å². The van der Waals surface area contributed by atoms with Gasteiger partial charge in [-0.25, -0.2) is 0 Å². The van der Waals surface area contributed by atoms with Gasteiger partial charge in [-0.3, -0.25) is 9.78 Å². The average molecular weight is 278 g/mol. The smallest absolute Gasteiger partial charge is 0.258 e. The van der Waals surface area contributed by atoms with Crippen LogP contribution in [0.1, 0.15) is 32.7 Å². The zero-order chi connectivity index (χ0) is 15.2. The molecule has 0 saturated carbocycles. The van der Waals surface area contributed by atoms with E-state index in [-0.39, 0.29) is 18.1 Å². The lowest BCUT2D eigenvalue weighted by atomic mass is 9.87. The second-order valence-corrected chi connectivity index (χ2v) is 5.45. The van der Waals surface area contributed by atoms with Crippen LogP contribution in [0.4, 0.5) is 0 Å². The molecule has 1 aliphatic heterocycles. The number of hydrogen-bond donors (Lipinski definition) is 1. The average Bonchev–Trinajstić information content (AvgIpc) is 2.63. The van der Waals surface area contributed by atoms with Gasteiger partial charge in [0.15, 0.2) is 7.85 Å². The van der Waals surface area contributed by atoms with Crippen molar-refractivity contribution < 1.29 is 9.90 Å². The third-order valence-electron chi connectivity index (χ3n) is 3.87. The van der Waals surface area contributed by atoms with Crippen LogP contribution in [0.25, 0.3) is 0 Å². The van der Waals surface area contributed by atoms with E-state index < -0.39 is 5.62 Å². The summed E-state index contributed by atoms with van der Waals surface area (Å²) in [6, 6.07) is 9.25. The van der Waals surface area contributed by atoms with E-state index in [0.29, 0.717) is 5.56 Å². The van der Waals surface area contributed by atoms with E-state index in [0.717, 1.165) is 16.7 Å². The number of rotatable bonds is 2. The predicted octanol–water partition coefficient (Wildman–Crippen LogP) is 1.63. The van der Waals surface area contributed by atoms with Crippen LogP contribution in [-0.2, 0) is 12.2 Å². The molecule has 0 spiro atoms. The monoisotopic (exact) mass is 278 g/mol. The summed E-state index contributed by atoms with van der Waals surface area (Å²) in [5.74, 6) is -0.303. The van der Waals surface area contributed by atoms with Gasteiger partial charge < -0.3 is 10.0 Å². The summed E-state index contributed by atoms with van der Waals surface area (Å²) in [6.07, 6.45) is 1.52. The van der Waals surface area contributed by atoms with E-state index in [9.17, 15) is 9.90 Å². The number of fused-ring (bicyclic) bond motifs is 1. The van der Waals surface area contributed by atoms with Crippen molar-refractivity contribution in [2.45, 2.75) is 26.0 Å². The molecule has 0 bridgehead atoms. The summed E-state index contributed by atoms with van der Waals surface area (Å²) in [4.78, 5) is 17.7. The largest absolute Gasteiger partial charge is 0.374 e. The van der Waals surface area contributed by atoms with Crippen LogP contribution in [0.2, 0.25) is 0 Å². The predicted molar refractivity (Wildman–Crippen MR) is 79.7 cm³/mol. The maximum atomic E-state index is 12.4. The van der Waals surface area contributed by atoms with E-state index in [2.05, 4.69) is 4.98 Å². The highest BCUT2D eigenvalue weighted by molar-refractivity contribution is 6.19. The number of amides is 1. The van der Waals surface area contributed by atoms with Crippen molar-refractivity contribution in [3.05, 3.63) is 64.5 Å². The fraction of sp³-hybridized carbons (Fsp3) is 0.250. The SMILES string of the molecule is [B]C1(O)c2ncccc2C(=O)N1Cc1ccc(C)cc1C. The lowest BCUT2D eigenvalue weighted by molar-refractivity contribution is -0.0224. The zero-order valence-corrected chi connectivity index (χ0v) is 12.0. The molecule has 1 aliphatic rings. The molecule has 21 heavy (non-hydrogen) atoms. The minimum absolute atomic E-state index is 0.208. The molecule has 0 fully saturated rings. The summed E-state index contributed by atoms with van der Waals surface area (Å²) >= 11 is 0. The van der Waals surface area contributed by atoms with Crippen molar-refractivity contribution in [3.63, 3.8) is 0 Å².